The Kier molecular flexibility index (Phi) is 3.86. The van der Waals surface area contributed by atoms with Gasteiger partial charge in [0.05, 0.1) is 5.60 Å². The predicted molar refractivity (Wildman–Crippen MR) is 78.4 cm³/mol. The number of benzene rings is 1. The van der Waals surface area contributed by atoms with Gasteiger partial charge in [0.15, 0.2) is 0 Å². The molecule has 0 bridgehead atoms. The van der Waals surface area contributed by atoms with Gasteiger partial charge in [-0.05, 0) is 44.4 Å². The highest BCUT2D eigenvalue weighted by molar-refractivity contribution is 5.82. The summed E-state index contributed by atoms with van der Waals surface area (Å²) in [4.78, 5) is 11.4. The van der Waals surface area contributed by atoms with Crippen LogP contribution in [0.2, 0.25) is 0 Å². The van der Waals surface area contributed by atoms with E-state index in [0.29, 0.717) is 11.3 Å². The summed E-state index contributed by atoms with van der Waals surface area (Å²) in [5.74, 6) is 0.649. The average Bonchev–Trinajstić information content (AvgIpc) is 2.34. The van der Waals surface area contributed by atoms with Gasteiger partial charge in [0.1, 0.15) is 17.9 Å². The van der Waals surface area contributed by atoms with Gasteiger partial charge in [0, 0.05) is 17.5 Å². The van der Waals surface area contributed by atoms with E-state index in [1.807, 2.05) is 19.9 Å². The Labute approximate surface area is 118 Å². The summed E-state index contributed by atoms with van der Waals surface area (Å²) in [6.45, 7) is 7.47. The van der Waals surface area contributed by atoms with Crippen molar-refractivity contribution in [3.63, 3.8) is 0 Å². The number of aliphatic hydroxyl groups is 1. The molecule has 20 heavy (non-hydrogen) atoms. The third-order valence-corrected chi connectivity index (χ3v) is 3.09. The molecule has 0 fully saturated rings. The fourth-order valence-electron chi connectivity index (χ4n) is 2.06. The lowest BCUT2D eigenvalue weighted by atomic mass is 10.0. The quantitative estimate of drug-likeness (QED) is 0.872. The van der Waals surface area contributed by atoms with Crippen molar-refractivity contribution in [3.8, 4) is 5.75 Å². The molecule has 1 aromatic carbocycles. The van der Waals surface area contributed by atoms with Crippen LogP contribution in [0.3, 0.4) is 0 Å². The lowest BCUT2D eigenvalue weighted by Crippen LogP contribution is -2.28. The molecule has 0 saturated heterocycles. The predicted octanol–water partition coefficient (Wildman–Crippen LogP) is 2.81. The van der Waals surface area contributed by atoms with E-state index in [9.17, 15) is 9.90 Å². The molecule has 0 spiro atoms. The monoisotopic (exact) mass is 276 g/mol. The minimum absolute atomic E-state index is 0.182. The number of aryl methyl sites for hydroxylation is 2. The first-order valence-corrected chi connectivity index (χ1v) is 6.73. The zero-order chi connectivity index (χ0) is 14.9. The number of ether oxygens (including phenoxy) is 1. The van der Waals surface area contributed by atoms with Crippen LogP contribution in [0.15, 0.2) is 27.4 Å². The van der Waals surface area contributed by atoms with Crippen molar-refractivity contribution in [2.75, 3.05) is 6.61 Å². The number of fused-ring (bicyclic) bond motifs is 1. The van der Waals surface area contributed by atoms with Gasteiger partial charge in [0.2, 0.25) is 0 Å². The van der Waals surface area contributed by atoms with Crippen molar-refractivity contribution >= 4 is 11.0 Å². The summed E-state index contributed by atoms with van der Waals surface area (Å²) in [6.07, 6.45) is 0.801. The Morgan fingerprint density at radius 3 is 2.60 bits per heavy atom. The lowest BCUT2D eigenvalue weighted by Gasteiger charge is -2.19. The molecule has 0 atom stereocenters. The molecule has 1 N–H and O–H groups in total. The summed E-state index contributed by atoms with van der Waals surface area (Å²) in [5, 5.41) is 10.7. The molecule has 4 nitrogen and oxygen atoms in total. The minimum atomic E-state index is -0.909. The van der Waals surface area contributed by atoms with Crippen molar-refractivity contribution < 1.29 is 14.3 Å². The number of hydrogen-bond donors (Lipinski definition) is 1. The van der Waals surface area contributed by atoms with Crippen molar-refractivity contribution in [2.24, 2.45) is 0 Å². The summed E-state index contributed by atoms with van der Waals surface area (Å²) in [7, 11) is 0. The van der Waals surface area contributed by atoms with Crippen molar-refractivity contribution in [2.45, 2.75) is 39.7 Å². The first-order valence-electron chi connectivity index (χ1n) is 6.73. The highest BCUT2D eigenvalue weighted by Gasteiger charge is 2.16. The van der Waals surface area contributed by atoms with Crippen LogP contribution in [-0.2, 0) is 6.42 Å². The fourth-order valence-corrected chi connectivity index (χ4v) is 2.06. The molecule has 0 amide bonds. The summed E-state index contributed by atoms with van der Waals surface area (Å²) in [6, 6.07) is 5.20. The zero-order valence-corrected chi connectivity index (χ0v) is 12.3. The lowest BCUT2D eigenvalue weighted by molar-refractivity contribution is 0.0282. The van der Waals surface area contributed by atoms with Crippen LogP contribution >= 0.6 is 0 Å². The molecule has 0 aliphatic heterocycles. The first-order chi connectivity index (χ1) is 9.30. The zero-order valence-electron chi connectivity index (χ0n) is 12.3. The van der Waals surface area contributed by atoms with Gasteiger partial charge >= 0.3 is 5.63 Å². The van der Waals surface area contributed by atoms with Crippen LogP contribution in [0.25, 0.3) is 11.0 Å². The maximum absolute atomic E-state index is 11.4. The largest absolute Gasteiger partial charge is 0.490 e. The van der Waals surface area contributed by atoms with Crippen LogP contribution < -0.4 is 10.4 Å². The molecule has 0 aliphatic carbocycles. The standard InChI is InChI=1S/C16H20O4/c1-5-11-7-12-10(2)6-15(17)20-14(12)8-13(11)19-9-16(3,4)18/h6-8,18H,5,9H2,1-4H3. The summed E-state index contributed by atoms with van der Waals surface area (Å²) < 4.78 is 10.9. The molecule has 1 heterocycles. The van der Waals surface area contributed by atoms with Crippen LogP contribution in [0.4, 0.5) is 0 Å². The van der Waals surface area contributed by atoms with E-state index in [2.05, 4.69) is 0 Å². The Morgan fingerprint density at radius 2 is 2.00 bits per heavy atom. The average molecular weight is 276 g/mol. The Hall–Kier alpha value is -1.81. The molecule has 108 valence electrons. The van der Waals surface area contributed by atoms with Crippen LogP contribution in [0.1, 0.15) is 31.9 Å². The maximum atomic E-state index is 11.4. The fraction of sp³-hybridized carbons (Fsp3) is 0.438. The SMILES string of the molecule is CCc1cc2c(C)cc(=O)oc2cc1OCC(C)(C)O. The molecule has 2 rings (SSSR count). The number of hydrogen-bond acceptors (Lipinski definition) is 4. The second-order valence-electron chi connectivity index (χ2n) is 5.66. The van der Waals surface area contributed by atoms with E-state index in [4.69, 9.17) is 9.15 Å². The second-order valence-corrected chi connectivity index (χ2v) is 5.66. The minimum Gasteiger partial charge on any atom is -0.490 e. The summed E-state index contributed by atoms with van der Waals surface area (Å²) in [5.41, 5.74) is 1.15. The molecule has 0 saturated carbocycles. The van der Waals surface area contributed by atoms with Crippen molar-refractivity contribution in [1.82, 2.24) is 0 Å². The van der Waals surface area contributed by atoms with Gasteiger partial charge < -0.3 is 14.3 Å². The van der Waals surface area contributed by atoms with E-state index in [1.54, 1.807) is 19.9 Å². The number of rotatable bonds is 4. The molecule has 0 unspecified atom stereocenters. The van der Waals surface area contributed by atoms with Crippen LogP contribution in [0.5, 0.6) is 5.75 Å². The normalized spacial score (nSPS) is 11.8. The Bertz CT molecular complexity index is 677. The van der Waals surface area contributed by atoms with Gasteiger partial charge in [-0.15, -0.1) is 0 Å². The molecule has 2 aromatic rings. The van der Waals surface area contributed by atoms with Gasteiger partial charge in [-0.1, -0.05) is 6.92 Å². The smallest absolute Gasteiger partial charge is 0.336 e. The van der Waals surface area contributed by atoms with E-state index in [-0.39, 0.29) is 12.2 Å². The Morgan fingerprint density at radius 1 is 1.30 bits per heavy atom. The Balaban J connectivity index is 2.51. The van der Waals surface area contributed by atoms with Gasteiger partial charge in [0.25, 0.3) is 0 Å². The second kappa shape index (κ2) is 5.29. The van der Waals surface area contributed by atoms with E-state index < -0.39 is 5.60 Å². The van der Waals surface area contributed by atoms with E-state index >= 15 is 0 Å². The molecule has 1 aromatic heterocycles. The van der Waals surface area contributed by atoms with Crippen LogP contribution in [-0.4, -0.2) is 17.3 Å². The third kappa shape index (κ3) is 3.20. The third-order valence-electron chi connectivity index (χ3n) is 3.09. The highest BCUT2D eigenvalue weighted by Crippen LogP contribution is 2.28. The first kappa shape index (κ1) is 14.6. The van der Waals surface area contributed by atoms with Crippen LogP contribution in [0, 0.1) is 6.92 Å². The molecular weight excluding hydrogens is 256 g/mol. The molecule has 0 radical (unpaired) electrons. The van der Waals surface area contributed by atoms with Gasteiger partial charge in [-0.3, -0.25) is 0 Å². The maximum Gasteiger partial charge on any atom is 0.336 e. The van der Waals surface area contributed by atoms with Crippen molar-refractivity contribution in [3.05, 3.63) is 39.7 Å². The molecular formula is C16H20O4. The summed E-state index contributed by atoms with van der Waals surface area (Å²) >= 11 is 0. The topological polar surface area (TPSA) is 59.7 Å². The van der Waals surface area contributed by atoms with Crippen molar-refractivity contribution in [1.29, 1.82) is 0 Å². The highest BCUT2D eigenvalue weighted by atomic mass is 16.5. The van der Waals surface area contributed by atoms with E-state index in [0.717, 1.165) is 22.9 Å². The van der Waals surface area contributed by atoms with Gasteiger partial charge in [-0.2, -0.15) is 0 Å². The molecule has 4 heteroatoms. The van der Waals surface area contributed by atoms with E-state index in [1.165, 1.54) is 6.07 Å². The van der Waals surface area contributed by atoms with Gasteiger partial charge in [-0.25, -0.2) is 4.79 Å². The molecule has 0 aliphatic rings.